The molecular formula is C29H24Cl2N4O2S. The smallest absolute Gasteiger partial charge is 0.271 e. The lowest BCUT2D eigenvalue weighted by molar-refractivity contribution is 0.0951. The number of benzene rings is 3. The van der Waals surface area contributed by atoms with E-state index in [1.54, 1.807) is 36.4 Å². The van der Waals surface area contributed by atoms with Gasteiger partial charge in [-0.3, -0.25) is 4.79 Å². The summed E-state index contributed by atoms with van der Waals surface area (Å²) >= 11 is 13.8. The van der Waals surface area contributed by atoms with E-state index in [0.29, 0.717) is 31.8 Å². The van der Waals surface area contributed by atoms with Gasteiger partial charge in [0.15, 0.2) is 0 Å². The molecule has 0 fully saturated rings. The minimum absolute atomic E-state index is 0.258. The zero-order valence-corrected chi connectivity index (χ0v) is 23.1. The second-order valence-electron chi connectivity index (χ2n) is 8.45. The monoisotopic (exact) mass is 562 g/mol. The molecule has 0 spiro atoms. The standard InChI is InChI=1S/C29H24Cl2N4O2S/c1-3-35(4-2)21-12-10-20-14-22(29-32-25(17-38-29)19-11-13-23(30)24(31)15-19)28(37-26(20)16-21)34-33-27(36)18-8-6-5-7-9-18/h5-17H,3-4H2,1-2H3,(H,33,36)/b34-28-. The maximum Gasteiger partial charge on any atom is 0.271 e. The van der Waals surface area contributed by atoms with Gasteiger partial charge in [-0.2, -0.15) is 0 Å². The summed E-state index contributed by atoms with van der Waals surface area (Å²) < 4.78 is 6.28. The number of nitrogens with one attached hydrogen (secondary N) is 1. The predicted molar refractivity (Wildman–Crippen MR) is 156 cm³/mol. The lowest BCUT2D eigenvalue weighted by atomic mass is 10.1. The van der Waals surface area contributed by atoms with Crippen LogP contribution in [0.5, 0.6) is 0 Å². The predicted octanol–water partition coefficient (Wildman–Crippen LogP) is 7.62. The van der Waals surface area contributed by atoms with Crippen molar-refractivity contribution in [3.05, 3.63) is 99.3 Å². The molecule has 192 valence electrons. The molecule has 6 nitrogen and oxygen atoms in total. The molecule has 2 heterocycles. The van der Waals surface area contributed by atoms with E-state index in [9.17, 15) is 4.79 Å². The van der Waals surface area contributed by atoms with Crippen LogP contribution in [0.1, 0.15) is 24.2 Å². The van der Waals surface area contributed by atoms with E-state index in [0.717, 1.165) is 35.4 Å². The molecule has 3 aromatic carbocycles. The Morgan fingerprint density at radius 2 is 1.79 bits per heavy atom. The average molecular weight is 564 g/mol. The van der Waals surface area contributed by atoms with Crippen molar-refractivity contribution < 1.29 is 9.21 Å². The van der Waals surface area contributed by atoms with Crippen molar-refractivity contribution in [3.8, 4) is 21.8 Å². The number of carbonyl (C=O) groups excluding carboxylic acids is 1. The Hall–Kier alpha value is -3.65. The van der Waals surface area contributed by atoms with E-state index in [4.69, 9.17) is 32.6 Å². The number of anilines is 1. The average Bonchev–Trinajstić information content (AvgIpc) is 3.44. The Morgan fingerprint density at radius 1 is 1.00 bits per heavy atom. The number of thiazole rings is 1. The lowest BCUT2D eigenvalue weighted by Crippen LogP contribution is -2.22. The van der Waals surface area contributed by atoms with E-state index < -0.39 is 0 Å². The quantitative estimate of drug-likeness (QED) is 0.207. The molecule has 1 amide bonds. The van der Waals surface area contributed by atoms with Gasteiger partial charge in [-0.1, -0.05) is 47.5 Å². The van der Waals surface area contributed by atoms with E-state index in [1.807, 2.05) is 35.7 Å². The SMILES string of the molecule is CCN(CC)c1ccc2cc(-c3nc(-c4ccc(Cl)c(Cl)c4)cs3)/c(=N/NC(=O)c3ccccc3)oc2c1. The van der Waals surface area contributed by atoms with Crippen molar-refractivity contribution in [2.75, 3.05) is 18.0 Å². The molecule has 0 saturated carbocycles. The molecule has 0 saturated heterocycles. The Kier molecular flexibility index (Phi) is 7.79. The van der Waals surface area contributed by atoms with Crippen LogP contribution < -0.4 is 15.9 Å². The highest BCUT2D eigenvalue weighted by Crippen LogP contribution is 2.32. The van der Waals surface area contributed by atoms with Crippen LogP contribution in [-0.2, 0) is 0 Å². The van der Waals surface area contributed by atoms with Gasteiger partial charge in [0.2, 0.25) is 5.55 Å². The van der Waals surface area contributed by atoms with Crippen LogP contribution >= 0.6 is 34.5 Å². The Balaban J connectivity index is 1.61. The molecule has 0 unspecified atom stereocenters. The molecule has 2 aromatic heterocycles. The highest BCUT2D eigenvalue weighted by Gasteiger charge is 2.15. The van der Waals surface area contributed by atoms with E-state index in [1.165, 1.54) is 11.3 Å². The van der Waals surface area contributed by atoms with Gasteiger partial charge in [-0.15, -0.1) is 16.4 Å². The van der Waals surface area contributed by atoms with E-state index in [2.05, 4.69) is 35.3 Å². The number of amides is 1. The highest BCUT2D eigenvalue weighted by molar-refractivity contribution is 7.13. The van der Waals surface area contributed by atoms with E-state index >= 15 is 0 Å². The molecule has 0 radical (unpaired) electrons. The number of nitrogens with zero attached hydrogens (tertiary/aromatic N) is 3. The van der Waals surface area contributed by atoms with Gasteiger partial charge < -0.3 is 9.32 Å². The van der Waals surface area contributed by atoms with Crippen molar-refractivity contribution in [1.82, 2.24) is 10.4 Å². The molecule has 0 aliphatic heterocycles. The largest absolute Gasteiger partial charge is 0.436 e. The second kappa shape index (κ2) is 11.4. The van der Waals surface area contributed by atoms with Crippen LogP contribution in [-0.4, -0.2) is 24.0 Å². The number of aromatic nitrogens is 1. The molecule has 1 N–H and O–H groups in total. The maximum atomic E-state index is 12.7. The summed E-state index contributed by atoms with van der Waals surface area (Å²) in [7, 11) is 0. The number of rotatable bonds is 7. The zero-order valence-electron chi connectivity index (χ0n) is 20.7. The van der Waals surface area contributed by atoms with Gasteiger partial charge in [0.05, 0.1) is 21.3 Å². The van der Waals surface area contributed by atoms with Gasteiger partial charge in [0, 0.05) is 46.7 Å². The van der Waals surface area contributed by atoms with Gasteiger partial charge in [-0.25, -0.2) is 10.4 Å². The molecule has 0 bridgehead atoms. The third-order valence-electron chi connectivity index (χ3n) is 6.11. The van der Waals surface area contributed by atoms with Gasteiger partial charge in [-0.05, 0) is 56.3 Å². The number of halogens is 2. The molecule has 0 aliphatic rings. The summed E-state index contributed by atoms with van der Waals surface area (Å²) in [5.41, 5.74) is 7.36. The van der Waals surface area contributed by atoms with Crippen molar-refractivity contribution in [3.63, 3.8) is 0 Å². The number of hydrogen-bond donors (Lipinski definition) is 1. The first kappa shape index (κ1) is 26.0. The number of carbonyl (C=O) groups is 1. The van der Waals surface area contributed by atoms with E-state index in [-0.39, 0.29) is 11.5 Å². The number of hydrogen-bond acceptors (Lipinski definition) is 6. The van der Waals surface area contributed by atoms with Crippen molar-refractivity contribution in [1.29, 1.82) is 0 Å². The van der Waals surface area contributed by atoms with Crippen molar-refractivity contribution in [2.24, 2.45) is 5.10 Å². The van der Waals surface area contributed by atoms with Crippen LogP contribution in [0.3, 0.4) is 0 Å². The Labute approximate surface area is 234 Å². The second-order valence-corrected chi connectivity index (χ2v) is 10.1. The Bertz CT molecular complexity index is 1680. The van der Waals surface area contributed by atoms with Crippen LogP contribution in [0.15, 0.2) is 87.7 Å². The summed E-state index contributed by atoms with van der Waals surface area (Å²) in [6.45, 7) is 5.98. The van der Waals surface area contributed by atoms with Gasteiger partial charge >= 0.3 is 0 Å². The number of fused-ring (bicyclic) bond motifs is 1. The van der Waals surface area contributed by atoms with Crippen molar-refractivity contribution in [2.45, 2.75) is 13.8 Å². The molecule has 9 heteroatoms. The topological polar surface area (TPSA) is 70.7 Å². The molecule has 0 aliphatic carbocycles. The summed E-state index contributed by atoms with van der Waals surface area (Å²) in [6.07, 6.45) is 0. The summed E-state index contributed by atoms with van der Waals surface area (Å²) in [5, 5.41) is 8.86. The van der Waals surface area contributed by atoms with Crippen molar-refractivity contribution >= 4 is 57.1 Å². The van der Waals surface area contributed by atoms with Gasteiger partial charge in [0.25, 0.3) is 5.91 Å². The third kappa shape index (κ3) is 5.45. The summed E-state index contributed by atoms with van der Waals surface area (Å²) in [5.74, 6) is -0.334. The summed E-state index contributed by atoms with van der Waals surface area (Å²) in [6, 6.07) is 22.4. The molecular weight excluding hydrogens is 539 g/mol. The van der Waals surface area contributed by atoms with Crippen LogP contribution in [0.2, 0.25) is 10.0 Å². The fraction of sp³-hybridized carbons (Fsp3) is 0.138. The fourth-order valence-corrected chi connectivity index (χ4v) is 5.20. The maximum absolute atomic E-state index is 12.7. The minimum atomic E-state index is -0.334. The van der Waals surface area contributed by atoms with Crippen LogP contribution in [0, 0.1) is 0 Å². The highest BCUT2D eigenvalue weighted by atomic mass is 35.5. The lowest BCUT2D eigenvalue weighted by Gasteiger charge is -2.21. The van der Waals surface area contributed by atoms with Crippen LogP contribution in [0.25, 0.3) is 32.8 Å². The zero-order chi connectivity index (χ0) is 26.6. The molecule has 38 heavy (non-hydrogen) atoms. The van der Waals surface area contributed by atoms with Crippen LogP contribution in [0.4, 0.5) is 5.69 Å². The molecule has 0 atom stereocenters. The molecule has 5 rings (SSSR count). The first-order valence-corrected chi connectivity index (χ1v) is 13.7. The molecule has 5 aromatic rings. The Morgan fingerprint density at radius 3 is 2.53 bits per heavy atom. The first-order valence-electron chi connectivity index (χ1n) is 12.1. The first-order chi connectivity index (χ1) is 18.5. The third-order valence-corrected chi connectivity index (χ3v) is 7.72. The van der Waals surface area contributed by atoms with Gasteiger partial charge in [0.1, 0.15) is 10.6 Å². The summed E-state index contributed by atoms with van der Waals surface area (Å²) in [4.78, 5) is 19.8. The normalized spacial score (nSPS) is 11.6. The fourth-order valence-electron chi connectivity index (χ4n) is 4.07. The minimum Gasteiger partial charge on any atom is -0.436 e.